The van der Waals surface area contributed by atoms with Crippen molar-refractivity contribution in [2.75, 3.05) is 24.2 Å². The predicted molar refractivity (Wildman–Crippen MR) is 133 cm³/mol. The maximum atomic E-state index is 13.2. The summed E-state index contributed by atoms with van der Waals surface area (Å²) in [5, 5.41) is 0.540. The first-order chi connectivity index (χ1) is 16.8. The van der Waals surface area contributed by atoms with Gasteiger partial charge in [-0.15, -0.1) is 0 Å². The Kier molecular flexibility index (Phi) is 6.88. The van der Waals surface area contributed by atoms with Crippen LogP contribution in [0.25, 0.3) is 10.9 Å². The molecule has 0 radical (unpaired) electrons. The van der Waals surface area contributed by atoms with Crippen LogP contribution in [-0.2, 0) is 21.4 Å². The van der Waals surface area contributed by atoms with Gasteiger partial charge in [0, 0.05) is 11.6 Å². The van der Waals surface area contributed by atoms with Crippen LogP contribution in [0.15, 0.2) is 85.1 Å². The van der Waals surface area contributed by atoms with Crippen LogP contribution in [0.5, 0.6) is 5.75 Å². The van der Waals surface area contributed by atoms with Crippen molar-refractivity contribution in [1.29, 1.82) is 0 Å². The Morgan fingerprint density at radius 3 is 2.23 bits per heavy atom. The SMILES string of the molecule is COC(=O)c1cn(C(=O)CN(c2ccc(OCc3ccccc3)cc2)S(C)(=O)=O)c2ccccc12. The Hall–Kier alpha value is -4.11. The summed E-state index contributed by atoms with van der Waals surface area (Å²) in [6, 6.07) is 23.0. The number of para-hydroxylation sites is 1. The molecule has 0 amide bonds. The second-order valence-electron chi connectivity index (χ2n) is 7.85. The second kappa shape index (κ2) is 10.0. The van der Waals surface area contributed by atoms with Gasteiger partial charge in [-0.25, -0.2) is 13.2 Å². The van der Waals surface area contributed by atoms with Gasteiger partial charge in [0.1, 0.15) is 18.9 Å². The van der Waals surface area contributed by atoms with Crippen LogP contribution in [0.1, 0.15) is 20.7 Å². The molecule has 0 saturated carbocycles. The standard InChI is InChI=1S/C26H24N2O6S/c1-33-26(30)23-16-27(24-11-7-6-10-22(23)24)25(29)17-28(35(2,31)32)20-12-14-21(15-13-20)34-18-19-8-4-3-5-9-19/h3-16H,17-18H2,1-2H3. The molecule has 0 atom stereocenters. The molecular formula is C26H24N2O6S. The van der Waals surface area contributed by atoms with Crippen LogP contribution < -0.4 is 9.04 Å². The van der Waals surface area contributed by atoms with E-state index in [-0.39, 0.29) is 5.56 Å². The highest BCUT2D eigenvalue weighted by atomic mass is 32.2. The van der Waals surface area contributed by atoms with Crippen molar-refractivity contribution in [3.05, 3.63) is 96.2 Å². The number of nitrogens with zero attached hydrogens (tertiary/aromatic N) is 2. The van der Waals surface area contributed by atoms with E-state index in [2.05, 4.69) is 0 Å². The largest absolute Gasteiger partial charge is 0.489 e. The molecule has 1 aromatic heterocycles. The highest BCUT2D eigenvalue weighted by Crippen LogP contribution is 2.25. The molecule has 3 aromatic carbocycles. The minimum Gasteiger partial charge on any atom is -0.489 e. The summed E-state index contributed by atoms with van der Waals surface area (Å²) in [6.45, 7) is -0.0833. The van der Waals surface area contributed by atoms with Gasteiger partial charge in [0.25, 0.3) is 5.91 Å². The van der Waals surface area contributed by atoms with Crippen molar-refractivity contribution in [3.63, 3.8) is 0 Å². The van der Waals surface area contributed by atoms with Crippen LogP contribution in [0.4, 0.5) is 5.69 Å². The number of sulfonamides is 1. The van der Waals surface area contributed by atoms with Gasteiger partial charge in [0.15, 0.2) is 0 Å². The Balaban J connectivity index is 1.57. The lowest BCUT2D eigenvalue weighted by Gasteiger charge is -2.22. The number of methoxy groups -OCH3 is 1. The van der Waals surface area contributed by atoms with Crippen LogP contribution in [0.3, 0.4) is 0 Å². The lowest BCUT2D eigenvalue weighted by molar-refractivity contribution is 0.0603. The van der Waals surface area contributed by atoms with E-state index in [1.165, 1.54) is 17.9 Å². The zero-order valence-corrected chi connectivity index (χ0v) is 20.1. The quantitative estimate of drug-likeness (QED) is 0.344. The van der Waals surface area contributed by atoms with Crippen LogP contribution in [0, 0.1) is 0 Å². The summed E-state index contributed by atoms with van der Waals surface area (Å²) in [5.41, 5.74) is 2.03. The molecule has 0 saturated heterocycles. The van der Waals surface area contributed by atoms with E-state index in [0.717, 1.165) is 16.1 Å². The minimum absolute atomic E-state index is 0.224. The van der Waals surface area contributed by atoms with Crippen LogP contribution in [0.2, 0.25) is 0 Å². The molecule has 1 heterocycles. The number of hydrogen-bond donors (Lipinski definition) is 0. The van der Waals surface area contributed by atoms with Gasteiger partial charge >= 0.3 is 5.97 Å². The van der Waals surface area contributed by atoms with E-state index in [1.807, 2.05) is 30.3 Å². The second-order valence-corrected chi connectivity index (χ2v) is 9.76. The molecule has 35 heavy (non-hydrogen) atoms. The van der Waals surface area contributed by atoms with Crippen LogP contribution >= 0.6 is 0 Å². The lowest BCUT2D eigenvalue weighted by Crippen LogP contribution is -2.36. The monoisotopic (exact) mass is 492 g/mol. The fourth-order valence-corrected chi connectivity index (χ4v) is 4.56. The number of carbonyl (C=O) groups excluding carboxylic acids is 2. The number of carbonyl (C=O) groups is 2. The normalized spacial score (nSPS) is 11.3. The Morgan fingerprint density at radius 2 is 1.57 bits per heavy atom. The van der Waals surface area contributed by atoms with Gasteiger partial charge in [-0.2, -0.15) is 0 Å². The maximum Gasteiger partial charge on any atom is 0.340 e. The molecule has 0 spiro atoms. The fourth-order valence-electron chi connectivity index (χ4n) is 3.71. The smallest absolute Gasteiger partial charge is 0.340 e. The summed E-state index contributed by atoms with van der Waals surface area (Å²) in [5.74, 6) is -0.540. The number of ether oxygens (including phenoxy) is 2. The Labute approximate surface area is 203 Å². The molecule has 0 aliphatic carbocycles. The first kappa shape index (κ1) is 24.0. The molecule has 4 aromatic rings. The van der Waals surface area contributed by atoms with Gasteiger partial charge in [-0.1, -0.05) is 48.5 Å². The topological polar surface area (TPSA) is 94.9 Å². The van der Waals surface area contributed by atoms with E-state index < -0.39 is 28.4 Å². The van der Waals surface area contributed by atoms with Crippen molar-refractivity contribution >= 4 is 38.5 Å². The first-order valence-corrected chi connectivity index (χ1v) is 12.6. The molecular weight excluding hydrogens is 468 g/mol. The number of aromatic nitrogens is 1. The van der Waals surface area contributed by atoms with E-state index in [9.17, 15) is 18.0 Å². The molecule has 0 fully saturated rings. The average Bonchev–Trinajstić information content (AvgIpc) is 3.26. The molecule has 180 valence electrons. The number of benzene rings is 3. The average molecular weight is 493 g/mol. The summed E-state index contributed by atoms with van der Waals surface area (Å²) >= 11 is 0. The molecule has 8 nitrogen and oxygen atoms in total. The minimum atomic E-state index is -3.79. The van der Waals surface area contributed by atoms with Crippen molar-refractivity contribution < 1.29 is 27.5 Å². The van der Waals surface area contributed by atoms with E-state index in [4.69, 9.17) is 9.47 Å². The fraction of sp³-hybridized carbons (Fsp3) is 0.154. The zero-order valence-electron chi connectivity index (χ0n) is 19.2. The van der Waals surface area contributed by atoms with Crippen molar-refractivity contribution in [1.82, 2.24) is 4.57 Å². The molecule has 9 heteroatoms. The van der Waals surface area contributed by atoms with Gasteiger partial charge < -0.3 is 9.47 Å². The number of hydrogen-bond acceptors (Lipinski definition) is 6. The van der Waals surface area contributed by atoms with Gasteiger partial charge in [0.2, 0.25) is 10.0 Å². The summed E-state index contributed by atoms with van der Waals surface area (Å²) < 4.78 is 38.0. The summed E-state index contributed by atoms with van der Waals surface area (Å²) in [4.78, 5) is 25.4. The number of rotatable bonds is 8. The molecule has 0 bridgehead atoms. The first-order valence-electron chi connectivity index (χ1n) is 10.7. The Morgan fingerprint density at radius 1 is 0.914 bits per heavy atom. The number of anilines is 1. The molecule has 0 N–H and O–H groups in total. The molecule has 4 rings (SSSR count). The van der Waals surface area contributed by atoms with Gasteiger partial charge in [0.05, 0.1) is 30.1 Å². The number of fused-ring (bicyclic) bond motifs is 1. The summed E-state index contributed by atoms with van der Waals surface area (Å²) in [7, 11) is -2.53. The third-order valence-electron chi connectivity index (χ3n) is 5.44. The van der Waals surface area contributed by atoms with Gasteiger partial charge in [-0.3, -0.25) is 13.7 Å². The summed E-state index contributed by atoms with van der Waals surface area (Å²) in [6.07, 6.45) is 2.41. The van der Waals surface area contributed by atoms with Crippen molar-refractivity contribution in [2.45, 2.75) is 6.61 Å². The van der Waals surface area contributed by atoms with E-state index in [1.54, 1.807) is 48.5 Å². The third-order valence-corrected chi connectivity index (χ3v) is 6.58. The Bertz CT molecular complexity index is 1460. The van der Waals surface area contributed by atoms with Crippen molar-refractivity contribution in [3.8, 4) is 5.75 Å². The zero-order chi connectivity index (χ0) is 25.0. The van der Waals surface area contributed by atoms with E-state index >= 15 is 0 Å². The molecule has 0 aliphatic heterocycles. The lowest BCUT2D eigenvalue weighted by atomic mass is 10.2. The highest BCUT2D eigenvalue weighted by molar-refractivity contribution is 7.92. The van der Waals surface area contributed by atoms with Gasteiger partial charge in [-0.05, 0) is 35.9 Å². The molecule has 0 aliphatic rings. The third kappa shape index (κ3) is 5.36. The maximum absolute atomic E-state index is 13.2. The molecule has 0 unspecified atom stereocenters. The highest BCUT2D eigenvalue weighted by Gasteiger charge is 2.24. The number of esters is 1. The predicted octanol–water partition coefficient (Wildman–Crippen LogP) is 4.11. The van der Waals surface area contributed by atoms with E-state index in [0.29, 0.717) is 28.9 Å². The van der Waals surface area contributed by atoms with Crippen molar-refractivity contribution in [2.24, 2.45) is 0 Å². The van der Waals surface area contributed by atoms with Crippen LogP contribution in [-0.4, -0.2) is 44.8 Å².